The first kappa shape index (κ1) is 11.7. The third-order valence-electron chi connectivity index (χ3n) is 2.02. The number of sulfonamides is 1. The number of aromatic nitrogens is 2. The van der Waals surface area contributed by atoms with Crippen molar-refractivity contribution in [3.8, 4) is 0 Å². The Labute approximate surface area is 103 Å². The van der Waals surface area contributed by atoms with Gasteiger partial charge in [0.1, 0.15) is 0 Å². The number of nitrogen functional groups attached to an aromatic ring is 1. The smallest absolute Gasteiger partial charge is 0.278 e. The number of nitrogens with two attached hydrogens (primary N) is 1. The molecule has 0 aliphatic carbocycles. The van der Waals surface area contributed by atoms with E-state index in [1.807, 2.05) is 0 Å². The summed E-state index contributed by atoms with van der Waals surface area (Å²) >= 11 is 5.79. The van der Waals surface area contributed by atoms with Gasteiger partial charge in [-0.3, -0.25) is 9.82 Å². The van der Waals surface area contributed by atoms with Gasteiger partial charge in [0.25, 0.3) is 10.0 Å². The van der Waals surface area contributed by atoms with Gasteiger partial charge in [-0.2, -0.15) is 13.5 Å². The zero-order valence-corrected chi connectivity index (χ0v) is 10.1. The average Bonchev–Trinajstić information content (AvgIpc) is 2.77. The number of nitrogens with zero attached hydrogens (tertiary/aromatic N) is 1. The van der Waals surface area contributed by atoms with E-state index in [-0.39, 0.29) is 10.0 Å². The number of hydrogen-bond acceptors (Lipinski definition) is 4. The van der Waals surface area contributed by atoms with Crippen molar-refractivity contribution in [2.75, 3.05) is 10.5 Å². The maximum atomic E-state index is 11.8. The number of hydrogen-bond donors (Lipinski definition) is 3. The van der Waals surface area contributed by atoms with Crippen LogP contribution >= 0.6 is 11.6 Å². The Kier molecular flexibility index (Phi) is 2.95. The lowest BCUT2D eigenvalue weighted by Crippen LogP contribution is -2.13. The van der Waals surface area contributed by atoms with Crippen LogP contribution in [0.5, 0.6) is 0 Å². The number of aromatic amines is 1. The monoisotopic (exact) mass is 272 g/mol. The predicted octanol–water partition coefficient (Wildman–Crippen LogP) is 1.45. The molecule has 0 spiro atoms. The van der Waals surface area contributed by atoms with Crippen molar-refractivity contribution in [3.63, 3.8) is 0 Å². The molecule has 1 aromatic heterocycles. The largest absolute Gasteiger partial charge is 0.398 e. The Bertz CT molecular complexity index is 624. The standard InChI is InChI=1S/C9H9ClN4O2S/c10-7-5-6(1-2-8(7)11)14-17(15,16)9-3-4-12-13-9/h1-5,14H,11H2,(H,12,13). The Morgan fingerprint density at radius 2 is 2.12 bits per heavy atom. The minimum absolute atomic E-state index is 0.0227. The van der Waals surface area contributed by atoms with Crippen molar-refractivity contribution in [1.29, 1.82) is 0 Å². The van der Waals surface area contributed by atoms with Gasteiger partial charge < -0.3 is 5.73 Å². The van der Waals surface area contributed by atoms with Gasteiger partial charge in [-0.05, 0) is 24.3 Å². The van der Waals surface area contributed by atoms with Crippen molar-refractivity contribution in [2.24, 2.45) is 0 Å². The number of anilines is 2. The molecule has 17 heavy (non-hydrogen) atoms. The summed E-state index contributed by atoms with van der Waals surface area (Å²) in [6, 6.07) is 5.83. The summed E-state index contributed by atoms with van der Waals surface area (Å²) in [6.07, 6.45) is 1.35. The topological polar surface area (TPSA) is 101 Å². The molecule has 1 heterocycles. The van der Waals surface area contributed by atoms with Crippen molar-refractivity contribution in [2.45, 2.75) is 5.03 Å². The highest BCUT2D eigenvalue weighted by Gasteiger charge is 2.15. The molecule has 0 fully saturated rings. The summed E-state index contributed by atoms with van der Waals surface area (Å²) in [4.78, 5) is 0. The first-order chi connectivity index (χ1) is 7.99. The van der Waals surface area contributed by atoms with Crippen LogP contribution in [0.4, 0.5) is 11.4 Å². The zero-order valence-electron chi connectivity index (χ0n) is 8.51. The first-order valence-corrected chi connectivity index (χ1v) is 6.42. The third-order valence-corrected chi connectivity index (χ3v) is 3.66. The summed E-state index contributed by atoms with van der Waals surface area (Å²) in [7, 11) is -3.67. The van der Waals surface area contributed by atoms with Crippen molar-refractivity contribution in [1.82, 2.24) is 10.2 Å². The van der Waals surface area contributed by atoms with Gasteiger partial charge in [-0.25, -0.2) is 0 Å². The van der Waals surface area contributed by atoms with E-state index in [2.05, 4.69) is 14.9 Å². The van der Waals surface area contributed by atoms with E-state index in [4.69, 9.17) is 17.3 Å². The normalized spacial score (nSPS) is 11.4. The van der Waals surface area contributed by atoms with Crippen LogP contribution in [0.25, 0.3) is 0 Å². The second-order valence-electron chi connectivity index (χ2n) is 3.26. The van der Waals surface area contributed by atoms with Gasteiger partial charge in [-0.1, -0.05) is 11.6 Å². The molecule has 0 saturated heterocycles. The summed E-state index contributed by atoms with van der Waals surface area (Å²) in [5, 5.41) is 6.20. The van der Waals surface area contributed by atoms with E-state index in [0.717, 1.165) is 0 Å². The van der Waals surface area contributed by atoms with E-state index in [0.29, 0.717) is 11.4 Å². The SMILES string of the molecule is Nc1ccc(NS(=O)(=O)c2ccn[nH]2)cc1Cl. The lowest BCUT2D eigenvalue weighted by molar-refractivity contribution is 0.597. The second-order valence-corrected chi connectivity index (χ2v) is 5.32. The molecule has 0 radical (unpaired) electrons. The quantitative estimate of drug-likeness (QED) is 0.736. The Balaban J connectivity index is 2.30. The number of halogens is 1. The van der Waals surface area contributed by atoms with E-state index >= 15 is 0 Å². The van der Waals surface area contributed by atoms with Crippen LogP contribution in [-0.2, 0) is 10.0 Å². The van der Waals surface area contributed by atoms with E-state index < -0.39 is 10.0 Å². The molecule has 0 unspecified atom stereocenters. The molecule has 0 aliphatic heterocycles. The molecule has 2 aromatic rings. The molecule has 8 heteroatoms. The molecule has 0 amide bonds. The molecular formula is C9H9ClN4O2S. The van der Waals surface area contributed by atoms with Gasteiger partial charge in [-0.15, -0.1) is 0 Å². The Morgan fingerprint density at radius 1 is 1.35 bits per heavy atom. The van der Waals surface area contributed by atoms with Gasteiger partial charge in [0.2, 0.25) is 0 Å². The summed E-state index contributed by atoms with van der Waals surface area (Å²) in [5.41, 5.74) is 6.24. The Morgan fingerprint density at radius 3 is 2.71 bits per heavy atom. The lowest BCUT2D eigenvalue weighted by atomic mass is 10.3. The second kappa shape index (κ2) is 4.27. The maximum absolute atomic E-state index is 11.8. The first-order valence-electron chi connectivity index (χ1n) is 4.56. The fraction of sp³-hybridized carbons (Fsp3) is 0. The predicted molar refractivity (Wildman–Crippen MR) is 65.3 cm³/mol. The third kappa shape index (κ3) is 2.51. The molecule has 90 valence electrons. The summed E-state index contributed by atoms with van der Waals surface area (Å²) in [5.74, 6) is 0. The molecule has 2 rings (SSSR count). The zero-order chi connectivity index (χ0) is 12.5. The van der Waals surface area contributed by atoms with Crippen LogP contribution in [-0.4, -0.2) is 18.6 Å². The van der Waals surface area contributed by atoms with Gasteiger partial charge in [0.05, 0.1) is 22.6 Å². The van der Waals surface area contributed by atoms with Gasteiger partial charge in [0.15, 0.2) is 5.03 Å². The van der Waals surface area contributed by atoms with Crippen LogP contribution < -0.4 is 10.5 Å². The Hall–Kier alpha value is -1.73. The van der Waals surface area contributed by atoms with Crippen molar-refractivity contribution >= 4 is 33.0 Å². The number of rotatable bonds is 3. The fourth-order valence-corrected chi connectivity index (χ4v) is 2.33. The van der Waals surface area contributed by atoms with Crippen LogP contribution in [0.3, 0.4) is 0 Å². The molecule has 0 aliphatic rings. The van der Waals surface area contributed by atoms with Gasteiger partial charge in [0, 0.05) is 0 Å². The highest BCUT2D eigenvalue weighted by atomic mass is 35.5. The maximum Gasteiger partial charge on any atom is 0.278 e. The highest BCUT2D eigenvalue weighted by molar-refractivity contribution is 7.92. The average molecular weight is 273 g/mol. The van der Waals surface area contributed by atoms with Gasteiger partial charge >= 0.3 is 0 Å². The summed E-state index contributed by atoms with van der Waals surface area (Å²) in [6.45, 7) is 0. The molecule has 6 nitrogen and oxygen atoms in total. The number of nitrogens with one attached hydrogen (secondary N) is 2. The van der Waals surface area contributed by atoms with E-state index in [1.54, 1.807) is 0 Å². The van der Waals surface area contributed by atoms with Crippen molar-refractivity contribution in [3.05, 3.63) is 35.5 Å². The lowest BCUT2D eigenvalue weighted by Gasteiger charge is -2.07. The number of H-pyrrole nitrogens is 1. The van der Waals surface area contributed by atoms with Crippen LogP contribution in [0, 0.1) is 0 Å². The molecule has 0 bridgehead atoms. The minimum Gasteiger partial charge on any atom is -0.398 e. The van der Waals surface area contributed by atoms with E-state index in [1.165, 1.54) is 30.5 Å². The number of benzene rings is 1. The molecular weight excluding hydrogens is 264 g/mol. The van der Waals surface area contributed by atoms with E-state index in [9.17, 15) is 8.42 Å². The minimum atomic E-state index is -3.67. The molecule has 1 aromatic carbocycles. The highest BCUT2D eigenvalue weighted by Crippen LogP contribution is 2.24. The van der Waals surface area contributed by atoms with Crippen LogP contribution in [0.1, 0.15) is 0 Å². The molecule has 0 atom stereocenters. The molecule has 4 N–H and O–H groups in total. The van der Waals surface area contributed by atoms with Crippen LogP contribution in [0.2, 0.25) is 5.02 Å². The van der Waals surface area contributed by atoms with Crippen LogP contribution in [0.15, 0.2) is 35.5 Å². The fourth-order valence-electron chi connectivity index (χ4n) is 1.19. The molecule has 0 saturated carbocycles. The summed E-state index contributed by atoms with van der Waals surface area (Å²) < 4.78 is 26.0. The van der Waals surface area contributed by atoms with Crippen molar-refractivity contribution < 1.29 is 8.42 Å².